The van der Waals surface area contributed by atoms with Gasteiger partial charge in [0, 0.05) is 35.9 Å². The molecule has 0 saturated carbocycles. The van der Waals surface area contributed by atoms with Gasteiger partial charge in [-0.05, 0) is 42.5 Å². The van der Waals surface area contributed by atoms with Gasteiger partial charge in [0.25, 0.3) is 6.47 Å². The average molecular weight is 316 g/mol. The maximum Gasteiger partial charge on any atom is 0.293 e. The summed E-state index contributed by atoms with van der Waals surface area (Å²) in [6.45, 7) is 4.17. The Morgan fingerprint density at radius 3 is 2.83 bits per heavy atom. The zero-order chi connectivity index (χ0) is 16.3. The number of ether oxygens (including phenoxy) is 1. The first-order valence-electron chi connectivity index (χ1n) is 7.89. The molecule has 5 heteroatoms. The van der Waals surface area contributed by atoms with Gasteiger partial charge in [-0.1, -0.05) is 6.92 Å². The van der Waals surface area contributed by atoms with Crippen LogP contribution in [-0.4, -0.2) is 31.2 Å². The second-order valence-corrected chi connectivity index (χ2v) is 6.51. The van der Waals surface area contributed by atoms with E-state index in [2.05, 4.69) is 22.0 Å². The monoisotopic (exact) mass is 316 g/mol. The molecule has 1 aliphatic rings. The predicted octanol–water partition coefficient (Wildman–Crippen LogP) is 3.48. The lowest BCUT2D eigenvalue weighted by molar-refractivity contribution is -0.129. The highest BCUT2D eigenvalue weighted by atomic mass is 19.1. The smallest absolute Gasteiger partial charge is 0.293 e. The van der Waals surface area contributed by atoms with E-state index in [1.807, 2.05) is 19.1 Å². The summed E-state index contributed by atoms with van der Waals surface area (Å²) >= 11 is 0. The Morgan fingerprint density at radius 1 is 1.35 bits per heavy atom. The van der Waals surface area contributed by atoms with Crippen molar-refractivity contribution in [1.29, 1.82) is 0 Å². The summed E-state index contributed by atoms with van der Waals surface area (Å²) in [7, 11) is 0. The SMILES string of the molecule is CC1(CF)CCN(c2ccc3nccc(COC=O)c3c2)CC1. The minimum absolute atomic E-state index is 0.183. The minimum Gasteiger partial charge on any atom is -0.463 e. The number of benzene rings is 1. The Morgan fingerprint density at radius 2 is 2.13 bits per heavy atom. The van der Waals surface area contributed by atoms with Crippen molar-refractivity contribution in [3.05, 3.63) is 36.0 Å². The van der Waals surface area contributed by atoms with Crippen molar-refractivity contribution in [2.45, 2.75) is 26.4 Å². The summed E-state index contributed by atoms with van der Waals surface area (Å²) in [5, 5.41) is 0.991. The van der Waals surface area contributed by atoms with Crippen LogP contribution in [0.4, 0.5) is 10.1 Å². The van der Waals surface area contributed by atoms with Crippen LogP contribution in [0.15, 0.2) is 30.5 Å². The number of alkyl halides is 1. The summed E-state index contributed by atoms with van der Waals surface area (Å²) in [5.41, 5.74) is 2.75. The number of hydrogen-bond donors (Lipinski definition) is 0. The maximum absolute atomic E-state index is 13.1. The number of piperidine rings is 1. The van der Waals surface area contributed by atoms with Crippen LogP contribution in [-0.2, 0) is 16.1 Å². The first-order chi connectivity index (χ1) is 11.1. The van der Waals surface area contributed by atoms with Crippen LogP contribution in [0, 0.1) is 5.41 Å². The van der Waals surface area contributed by atoms with Crippen molar-refractivity contribution in [2.24, 2.45) is 5.41 Å². The Kier molecular flexibility index (Phi) is 4.46. The summed E-state index contributed by atoms with van der Waals surface area (Å²) in [5.74, 6) is 0. The molecule has 0 N–H and O–H groups in total. The second kappa shape index (κ2) is 6.52. The van der Waals surface area contributed by atoms with Crippen LogP contribution in [0.5, 0.6) is 0 Å². The van der Waals surface area contributed by atoms with Gasteiger partial charge in [0.2, 0.25) is 0 Å². The zero-order valence-electron chi connectivity index (χ0n) is 13.3. The molecule has 0 amide bonds. The van der Waals surface area contributed by atoms with Gasteiger partial charge in [-0.15, -0.1) is 0 Å². The van der Waals surface area contributed by atoms with Gasteiger partial charge < -0.3 is 9.64 Å². The topological polar surface area (TPSA) is 42.4 Å². The van der Waals surface area contributed by atoms with Gasteiger partial charge in [0.15, 0.2) is 0 Å². The van der Waals surface area contributed by atoms with E-state index in [4.69, 9.17) is 4.74 Å². The normalized spacial score (nSPS) is 17.2. The lowest BCUT2D eigenvalue weighted by Crippen LogP contribution is -2.39. The predicted molar refractivity (Wildman–Crippen MR) is 88.1 cm³/mol. The average Bonchev–Trinajstić information content (AvgIpc) is 2.60. The van der Waals surface area contributed by atoms with Crippen LogP contribution >= 0.6 is 0 Å². The number of hydrogen-bond acceptors (Lipinski definition) is 4. The number of nitrogens with zero attached hydrogens (tertiary/aromatic N) is 2. The van der Waals surface area contributed by atoms with Crippen molar-refractivity contribution in [2.75, 3.05) is 24.7 Å². The lowest BCUT2D eigenvalue weighted by Gasteiger charge is -2.39. The number of pyridine rings is 1. The molecule has 0 radical (unpaired) electrons. The van der Waals surface area contributed by atoms with Crippen LogP contribution in [0.1, 0.15) is 25.3 Å². The minimum atomic E-state index is -0.254. The van der Waals surface area contributed by atoms with Crippen LogP contribution in [0.3, 0.4) is 0 Å². The van der Waals surface area contributed by atoms with E-state index in [-0.39, 0.29) is 18.7 Å². The van der Waals surface area contributed by atoms with E-state index in [0.717, 1.165) is 48.1 Å². The third kappa shape index (κ3) is 3.28. The van der Waals surface area contributed by atoms with E-state index in [0.29, 0.717) is 6.47 Å². The Balaban J connectivity index is 1.86. The molecule has 0 unspecified atom stereocenters. The van der Waals surface area contributed by atoms with E-state index < -0.39 is 0 Å². The molecule has 0 bridgehead atoms. The van der Waals surface area contributed by atoms with E-state index >= 15 is 0 Å². The van der Waals surface area contributed by atoms with Gasteiger partial charge in [0.1, 0.15) is 6.61 Å². The van der Waals surface area contributed by atoms with E-state index in [9.17, 15) is 9.18 Å². The lowest BCUT2D eigenvalue weighted by atomic mass is 9.81. The highest BCUT2D eigenvalue weighted by molar-refractivity contribution is 5.85. The van der Waals surface area contributed by atoms with Crippen LogP contribution in [0.25, 0.3) is 10.9 Å². The number of carbonyl (C=O) groups excluding carboxylic acids is 1. The molecule has 1 saturated heterocycles. The number of anilines is 1. The highest BCUT2D eigenvalue weighted by Crippen LogP contribution is 2.34. The fraction of sp³-hybridized carbons (Fsp3) is 0.444. The quantitative estimate of drug-likeness (QED) is 0.792. The summed E-state index contributed by atoms with van der Waals surface area (Å²) in [6, 6.07) is 7.99. The Labute approximate surface area is 135 Å². The third-order valence-electron chi connectivity index (χ3n) is 4.78. The molecule has 1 aromatic carbocycles. The third-order valence-corrected chi connectivity index (χ3v) is 4.78. The van der Waals surface area contributed by atoms with E-state index in [1.165, 1.54) is 0 Å². The van der Waals surface area contributed by atoms with Crippen LogP contribution in [0.2, 0.25) is 0 Å². The number of rotatable bonds is 5. The summed E-state index contributed by atoms with van der Waals surface area (Å²) in [6.07, 6.45) is 3.43. The molecule has 3 rings (SSSR count). The molecule has 0 aliphatic carbocycles. The first kappa shape index (κ1) is 15.7. The number of halogens is 1. The fourth-order valence-corrected chi connectivity index (χ4v) is 3.08. The van der Waals surface area contributed by atoms with Gasteiger partial charge in [-0.3, -0.25) is 14.2 Å². The van der Waals surface area contributed by atoms with Gasteiger partial charge in [-0.2, -0.15) is 0 Å². The molecular formula is C18H21FN2O2. The molecule has 0 spiro atoms. The fourth-order valence-electron chi connectivity index (χ4n) is 3.08. The standard InChI is InChI=1S/C18H21FN2O2/c1-18(12-19)5-8-21(9-6-18)15-2-3-17-16(10-15)14(4-7-20-17)11-23-13-22/h2-4,7,10,13H,5-6,8-9,11-12H2,1H3. The molecular weight excluding hydrogens is 295 g/mol. The molecule has 2 aromatic rings. The zero-order valence-corrected chi connectivity index (χ0v) is 13.3. The summed E-state index contributed by atoms with van der Waals surface area (Å²) < 4.78 is 18.0. The van der Waals surface area contributed by atoms with Gasteiger partial charge in [0.05, 0.1) is 12.2 Å². The number of aromatic nitrogens is 1. The second-order valence-electron chi connectivity index (χ2n) is 6.51. The van der Waals surface area contributed by atoms with Crippen molar-refractivity contribution in [3.8, 4) is 0 Å². The number of carbonyl (C=O) groups is 1. The van der Waals surface area contributed by atoms with Crippen LogP contribution < -0.4 is 4.90 Å². The first-order valence-corrected chi connectivity index (χ1v) is 7.89. The Bertz CT molecular complexity index is 696. The van der Waals surface area contributed by atoms with Crippen molar-refractivity contribution in [3.63, 3.8) is 0 Å². The van der Waals surface area contributed by atoms with Crippen molar-refractivity contribution < 1.29 is 13.9 Å². The van der Waals surface area contributed by atoms with Gasteiger partial charge >= 0.3 is 0 Å². The molecule has 4 nitrogen and oxygen atoms in total. The number of fused-ring (bicyclic) bond motifs is 1. The molecule has 1 fully saturated rings. The molecule has 1 aliphatic heterocycles. The van der Waals surface area contributed by atoms with Crippen molar-refractivity contribution in [1.82, 2.24) is 4.98 Å². The van der Waals surface area contributed by atoms with Crippen molar-refractivity contribution >= 4 is 23.1 Å². The molecule has 1 aromatic heterocycles. The Hall–Kier alpha value is -2.17. The molecule has 2 heterocycles. The highest BCUT2D eigenvalue weighted by Gasteiger charge is 2.30. The summed E-state index contributed by atoms with van der Waals surface area (Å²) in [4.78, 5) is 17.1. The van der Waals surface area contributed by atoms with E-state index in [1.54, 1.807) is 6.20 Å². The molecule has 23 heavy (non-hydrogen) atoms. The largest absolute Gasteiger partial charge is 0.463 e. The van der Waals surface area contributed by atoms with Gasteiger partial charge in [-0.25, -0.2) is 0 Å². The molecule has 0 atom stereocenters. The maximum atomic E-state index is 13.1. The molecule has 122 valence electrons.